The molecule has 0 aromatic heterocycles. The number of allylic oxidation sites excluding steroid dienone is 4. The second-order valence-electron chi connectivity index (χ2n) is 6.53. The van der Waals surface area contributed by atoms with Gasteiger partial charge in [0.15, 0.2) is 0 Å². The highest BCUT2D eigenvalue weighted by molar-refractivity contribution is 5.47. The van der Waals surface area contributed by atoms with Gasteiger partial charge in [0.25, 0.3) is 0 Å². The molecule has 2 bridgehead atoms. The van der Waals surface area contributed by atoms with Crippen molar-refractivity contribution in [3.05, 3.63) is 22.8 Å². The molecular weight excluding hydrogens is 180 g/mol. The van der Waals surface area contributed by atoms with Crippen molar-refractivity contribution in [2.45, 2.75) is 59.3 Å². The van der Waals surface area contributed by atoms with Crippen molar-refractivity contribution in [2.24, 2.45) is 10.8 Å². The zero-order chi connectivity index (χ0) is 10.7. The summed E-state index contributed by atoms with van der Waals surface area (Å²) in [5.74, 6) is 0. The van der Waals surface area contributed by atoms with Gasteiger partial charge in [-0.2, -0.15) is 0 Å². The fraction of sp³-hybridized carbons (Fsp3) is 0.733. The van der Waals surface area contributed by atoms with Crippen molar-refractivity contribution in [1.29, 1.82) is 0 Å². The van der Waals surface area contributed by atoms with E-state index in [1.807, 2.05) is 0 Å². The lowest BCUT2D eigenvalue weighted by atomic mass is 9.55. The molecule has 15 heavy (non-hydrogen) atoms. The quantitative estimate of drug-likeness (QED) is 0.537. The molecule has 2 atom stereocenters. The van der Waals surface area contributed by atoms with Crippen molar-refractivity contribution < 1.29 is 0 Å². The lowest BCUT2D eigenvalue weighted by Gasteiger charge is -2.49. The zero-order valence-electron chi connectivity index (χ0n) is 10.3. The topological polar surface area (TPSA) is 0 Å². The van der Waals surface area contributed by atoms with Gasteiger partial charge in [0.1, 0.15) is 0 Å². The van der Waals surface area contributed by atoms with Crippen molar-refractivity contribution >= 4 is 0 Å². The Morgan fingerprint density at radius 3 is 2.80 bits per heavy atom. The first-order chi connectivity index (χ1) is 7.05. The van der Waals surface area contributed by atoms with Gasteiger partial charge in [0.05, 0.1) is 0 Å². The minimum Gasteiger partial charge on any atom is -0.0799 e. The summed E-state index contributed by atoms with van der Waals surface area (Å²) in [6.07, 6.45) is 11.1. The van der Waals surface area contributed by atoms with E-state index in [0.29, 0.717) is 10.8 Å². The van der Waals surface area contributed by atoms with E-state index in [1.165, 1.54) is 38.5 Å². The fourth-order valence-electron chi connectivity index (χ4n) is 4.48. The molecule has 0 aromatic carbocycles. The van der Waals surface area contributed by atoms with E-state index in [0.717, 1.165) is 0 Å². The molecule has 3 aliphatic carbocycles. The minimum absolute atomic E-state index is 0.583. The molecule has 1 spiro atoms. The Bertz CT molecular complexity index is 371. The normalized spacial score (nSPS) is 44.1. The Morgan fingerprint density at radius 2 is 2.00 bits per heavy atom. The van der Waals surface area contributed by atoms with Gasteiger partial charge in [-0.3, -0.25) is 0 Å². The van der Waals surface area contributed by atoms with E-state index < -0.39 is 0 Å². The highest BCUT2D eigenvalue weighted by Gasteiger charge is 2.49. The van der Waals surface area contributed by atoms with Crippen LogP contribution < -0.4 is 0 Å². The first kappa shape index (κ1) is 9.69. The zero-order valence-corrected chi connectivity index (χ0v) is 10.3. The molecule has 0 N–H and O–H groups in total. The smallest absolute Gasteiger partial charge is 0.000504 e. The minimum atomic E-state index is 0.583. The standard InChI is InChI=1S/C15H22/c1-11-9-15-7-4-6-14(3,10-15)8-5-13(15)12(11)2/h5H,4,6-10H2,1-3H3. The summed E-state index contributed by atoms with van der Waals surface area (Å²) < 4.78 is 0. The number of hydrogen-bond donors (Lipinski definition) is 0. The summed E-state index contributed by atoms with van der Waals surface area (Å²) >= 11 is 0. The van der Waals surface area contributed by atoms with Crippen molar-refractivity contribution in [2.75, 3.05) is 0 Å². The summed E-state index contributed by atoms with van der Waals surface area (Å²) in [6.45, 7) is 7.19. The predicted octanol–water partition coefficient (Wildman–Crippen LogP) is 4.62. The average Bonchev–Trinajstić information content (AvgIpc) is 2.36. The molecular formula is C15H22. The second-order valence-corrected chi connectivity index (χ2v) is 6.53. The molecule has 0 saturated heterocycles. The van der Waals surface area contributed by atoms with Crippen LogP contribution in [0.15, 0.2) is 22.8 Å². The Hall–Kier alpha value is -0.520. The van der Waals surface area contributed by atoms with E-state index in [2.05, 4.69) is 26.8 Å². The highest BCUT2D eigenvalue weighted by Crippen LogP contribution is 2.62. The van der Waals surface area contributed by atoms with Gasteiger partial charge < -0.3 is 0 Å². The van der Waals surface area contributed by atoms with Crippen molar-refractivity contribution in [3.8, 4) is 0 Å². The molecule has 1 saturated carbocycles. The molecule has 2 unspecified atom stereocenters. The third kappa shape index (κ3) is 1.20. The Balaban J connectivity index is 2.07. The SMILES string of the molecule is CC1=C(C)C2=CCC3(C)CCCC2(C1)C3. The molecule has 3 rings (SSSR count). The van der Waals surface area contributed by atoms with Crippen molar-refractivity contribution in [1.82, 2.24) is 0 Å². The Labute approximate surface area is 93.5 Å². The van der Waals surface area contributed by atoms with E-state index in [9.17, 15) is 0 Å². The van der Waals surface area contributed by atoms with Gasteiger partial charge >= 0.3 is 0 Å². The molecule has 3 aliphatic rings. The van der Waals surface area contributed by atoms with Crippen LogP contribution in [0, 0.1) is 10.8 Å². The third-order valence-electron chi connectivity index (χ3n) is 5.22. The van der Waals surface area contributed by atoms with Crippen LogP contribution in [0.25, 0.3) is 0 Å². The second kappa shape index (κ2) is 2.78. The lowest BCUT2D eigenvalue weighted by molar-refractivity contribution is 0.0930. The van der Waals surface area contributed by atoms with Crippen LogP contribution in [-0.4, -0.2) is 0 Å². The van der Waals surface area contributed by atoms with Crippen LogP contribution in [-0.2, 0) is 0 Å². The molecule has 0 heteroatoms. The van der Waals surface area contributed by atoms with E-state index in [4.69, 9.17) is 0 Å². The average molecular weight is 202 g/mol. The number of fused-ring (bicyclic) bond motifs is 1. The monoisotopic (exact) mass is 202 g/mol. The molecule has 0 nitrogen and oxygen atoms in total. The van der Waals surface area contributed by atoms with Crippen LogP contribution in [0.2, 0.25) is 0 Å². The van der Waals surface area contributed by atoms with Gasteiger partial charge in [0.2, 0.25) is 0 Å². The van der Waals surface area contributed by atoms with Crippen LogP contribution >= 0.6 is 0 Å². The third-order valence-corrected chi connectivity index (χ3v) is 5.22. The summed E-state index contributed by atoms with van der Waals surface area (Å²) in [5.41, 5.74) is 6.23. The molecule has 0 amide bonds. The maximum Gasteiger partial charge on any atom is -0.000504 e. The van der Waals surface area contributed by atoms with E-state index >= 15 is 0 Å². The Kier molecular flexibility index (Phi) is 1.80. The summed E-state index contributed by atoms with van der Waals surface area (Å²) in [6, 6.07) is 0. The fourth-order valence-corrected chi connectivity index (χ4v) is 4.48. The van der Waals surface area contributed by atoms with Crippen LogP contribution in [0.3, 0.4) is 0 Å². The van der Waals surface area contributed by atoms with E-state index in [-0.39, 0.29) is 0 Å². The van der Waals surface area contributed by atoms with Crippen LogP contribution in [0.4, 0.5) is 0 Å². The summed E-state index contributed by atoms with van der Waals surface area (Å²) in [7, 11) is 0. The van der Waals surface area contributed by atoms with E-state index in [1.54, 1.807) is 16.7 Å². The first-order valence-electron chi connectivity index (χ1n) is 6.42. The van der Waals surface area contributed by atoms with Gasteiger partial charge in [-0.15, -0.1) is 0 Å². The molecule has 0 aliphatic heterocycles. The Morgan fingerprint density at radius 1 is 1.20 bits per heavy atom. The van der Waals surface area contributed by atoms with Gasteiger partial charge in [-0.25, -0.2) is 0 Å². The largest absolute Gasteiger partial charge is 0.0799 e. The maximum atomic E-state index is 2.58. The highest BCUT2D eigenvalue weighted by atomic mass is 14.5. The van der Waals surface area contributed by atoms with Gasteiger partial charge in [0, 0.05) is 0 Å². The maximum absolute atomic E-state index is 2.58. The van der Waals surface area contributed by atoms with Gasteiger partial charge in [-0.05, 0) is 67.9 Å². The van der Waals surface area contributed by atoms with Gasteiger partial charge in [-0.1, -0.05) is 25.0 Å². The number of hydrogen-bond acceptors (Lipinski definition) is 0. The predicted molar refractivity (Wildman–Crippen MR) is 64.7 cm³/mol. The first-order valence-corrected chi connectivity index (χ1v) is 6.42. The van der Waals surface area contributed by atoms with Crippen LogP contribution in [0.1, 0.15) is 59.3 Å². The van der Waals surface area contributed by atoms with Crippen molar-refractivity contribution in [3.63, 3.8) is 0 Å². The molecule has 82 valence electrons. The summed E-state index contributed by atoms with van der Waals surface area (Å²) in [5, 5.41) is 0. The summed E-state index contributed by atoms with van der Waals surface area (Å²) in [4.78, 5) is 0. The molecule has 0 heterocycles. The molecule has 0 radical (unpaired) electrons. The van der Waals surface area contributed by atoms with Crippen LogP contribution in [0.5, 0.6) is 0 Å². The molecule has 0 aromatic rings. The number of rotatable bonds is 0. The lowest BCUT2D eigenvalue weighted by Crippen LogP contribution is -2.37. The molecule has 1 fully saturated rings.